The highest BCUT2D eigenvalue weighted by Gasteiger charge is 2.15. The van der Waals surface area contributed by atoms with Crippen LogP contribution in [0.25, 0.3) is 0 Å². The quantitative estimate of drug-likeness (QED) is 0.808. The summed E-state index contributed by atoms with van der Waals surface area (Å²) in [6.07, 6.45) is 1.63. The zero-order valence-electron chi connectivity index (χ0n) is 13.9. The van der Waals surface area contributed by atoms with Gasteiger partial charge < -0.3 is 5.32 Å². The van der Waals surface area contributed by atoms with E-state index in [0.29, 0.717) is 24.2 Å². The molecule has 0 radical (unpaired) electrons. The second-order valence-electron chi connectivity index (χ2n) is 5.43. The zero-order chi connectivity index (χ0) is 17.6. The Labute approximate surface area is 143 Å². The molecule has 24 heavy (non-hydrogen) atoms. The third-order valence-electron chi connectivity index (χ3n) is 3.57. The average molecular weight is 346 g/mol. The lowest BCUT2D eigenvalue weighted by Gasteiger charge is -2.09. The molecule has 2 rings (SSSR count). The van der Waals surface area contributed by atoms with Crippen molar-refractivity contribution in [2.75, 3.05) is 11.9 Å². The number of amides is 1. The van der Waals surface area contributed by atoms with Crippen LogP contribution >= 0.6 is 0 Å². The molecular formula is C18H22N2O3S. The van der Waals surface area contributed by atoms with Crippen molar-refractivity contribution in [3.05, 3.63) is 59.7 Å². The second-order valence-corrected chi connectivity index (χ2v) is 7.20. The predicted molar refractivity (Wildman–Crippen MR) is 95.7 cm³/mol. The number of rotatable bonds is 7. The summed E-state index contributed by atoms with van der Waals surface area (Å²) < 4.78 is 26.8. The highest BCUT2D eigenvalue weighted by Crippen LogP contribution is 2.15. The Morgan fingerprint density at radius 1 is 1.04 bits per heavy atom. The van der Waals surface area contributed by atoms with Gasteiger partial charge in [0.25, 0.3) is 5.91 Å². The van der Waals surface area contributed by atoms with Crippen molar-refractivity contribution in [1.29, 1.82) is 0 Å². The lowest BCUT2D eigenvalue weighted by molar-refractivity contribution is 0.102. The SMILES string of the molecule is CCCNS(=O)(=O)c1cccc(C(=O)Nc2ccc(CC)cc2)c1. The smallest absolute Gasteiger partial charge is 0.255 e. The Bertz CT molecular complexity index is 799. The molecule has 0 saturated carbocycles. The highest BCUT2D eigenvalue weighted by molar-refractivity contribution is 7.89. The first kappa shape index (κ1) is 18.2. The zero-order valence-corrected chi connectivity index (χ0v) is 14.7. The maximum Gasteiger partial charge on any atom is 0.255 e. The van der Waals surface area contributed by atoms with Crippen molar-refractivity contribution >= 4 is 21.6 Å². The average Bonchev–Trinajstić information content (AvgIpc) is 2.61. The molecule has 0 atom stereocenters. The molecular weight excluding hydrogens is 324 g/mol. The normalized spacial score (nSPS) is 11.2. The first-order chi connectivity index (χ1) is 11.5. The molecule has 0 saturated heterocycles. The van der Waals surface area contributed by atoms with Gasteiger partial charge in [-0.05, 0) is 48.7 Å². The van der Waals surface area contributed by atoms with E-state index in [9.17, 15) is 13.2 Å². The molecule has 128 valence electrons. The monoisotopic (exact) mass is 346 g/mol. The molecule has 0 aliphatic heterocycles. The number of anilines is 1. The lowest BCUT2D eigenvalue weighted by Crippen LogP contribution is -2.24. The van der Waals surface area contributed by atoms with Gasteiger partial charge in [-0.15, -0.1) is 0 Å². The van der Waals surface area contributed by atoms with Crippen LogP contribution in [-0.4, -0.2) is 20.9 Å². The van der Waals surface area contributed by atoms with Crippen LogP contribution < -0.4 is 10.0 Å². The van der Waals surface area contributed by atoms with Crippen LogP contribution in [0.2, 0.25) is 0 Å². The van der Waals surface area contributed by atoms with Crippen LogP contribution in [-0.2, 0) is 16.4 Å². The van der Waals surface area contributed by atoms with E-state index in [-0.39, 0.29) is 10.8 Å². The Kier molecular flexibility index (Phi) is 6.11. The van der Waals surface area contributed by atoms with Crippen LogP contribution in [0.5, 0.6) is 0 Å². The minimum Gasteiger partial charge on any atom is -0.322 e. The van der Waals surface area contributed by atoms with Crippen molar-refractivity contribution in [3.63, 3.8) is 0 Å². The van der Waals surface area contributed by atoms with E-state index in [0.717, 1.165) is 6.42 Å². The van der Waals surface area contributed by atoms with E-state index in [1.54, 1.807) is 12.1 Å². The van der Waals surface area contributed by atoms with Crippen molar-refractivity contribution in [1.82, 2.24) is 4.72 Å². The first-order valence-corrected chi connectivity index (χ1v) is 9.44. The summed E-state index contributed by atoms with van der Waals surface area (Å²) in [7, 11) is -3.59. The molecule has 0 bridgehead atoms. The summed E-state index contributed by atoms with van der Waals surface area (Å²) in [6.45, 7) is 4.31. The standard InChI is InChI=1S/C18H22N2O3S/c1-3-12-19-24(22,23)17-7-5-6-15(13-17)18(21)20-16-10-8-14(4-2)9-11-16/h5-11,13,19H,3-4,12H2,1-2H3,(H,20,21). The van der Waals surface area contributed by atoms with Gasteiger partial charge in [-0.1, -0.05) is 32.0 Å². The van der Waals surface area contributed by atoms with Gasteiger partial charge in [-0.25, -0.2) is 13.1 Å². The van der Waals surface area contributed by atoms with Gasteiger partial charge in [-0.3, -0.25) is 4.79 Å². The van der Waals surface area contributed by atoms with E-state index in [1.165, 1.54) is 17.7 Å². The molecule has 0 heterocycles. The second kappa shape index (κ2) is 8.08. The van der Waals surface area contributed by atoms with Crippen molar-refractivity contribution < 1.29 is 13.2 Å². The van der Waals surface area contributed by atoms with E-state index in [1.807, 2.05) is 31.2 Å². The maximum atomic E-state index is 12.3. The van der Waals surface area contributed by atoms with Gasteiger partial charge in [0.1, 0.15) is 0 Å². The molecule has 1 amide bonds. The molecule has 0 spiro atoms. The fourth-order valence-electron chi connectivity index (χ4n) is 2.15. The van der Waals surface area contributed by atoms with Crippen LogP contribution in [0.4, 0.5) is 5.69 Å². The van der Waals surface area contributed by atoms with E-state index < -0.39 is 10.0 Å². The Balaban J connectivity index is 2.16. The van der Waals surface area contributed by atoms with Crippen molar-refractivity contribution in [3.8, 4) is 0 Å². The Morgan fingerprint density at radius 2 is 1.75 bits per heavy atom. The lowest BCUT2D eigenvalue weighted by atomic mass is 10.1. The van der Waals surface area contributed by atoms with Gasteiger partial charge in [0, 0.05) is 17.8 Å². The summed E-state index contributed by atoms with van der Waals surface area (Å²) in [5, 5.41) is 2.78. The van der Waals surface area contributed by atoms with E-state index >= 15 is 0 Å². The van der Waals surface area contributed by atoms with E-state index in [4.69, 9.17) is 0 Å². The molecule has 0 fully saturated rings. The summed E-state index contributed by atoms with van der Waals surface area (Å²) in [5.74, 6) is -0.341. The van der Waals surface area contributed by atoms with Gasteiger partial charge in [0.15, 0.2) is 0 Å². The molecule has 0 aromatic heterocycles. The van der Waals surface area contributed by atoms with E-state index in [2.05, 4.69) is 17.0 Å². The number of benzene rings is 2. The minimum atomic E-state index is -3.59. The number of aryl methyl sites for hydroxylation is 1. The molecule has 0 aliphatic carbocycles. The number of hydrogen-bond acceptors (Lipinski definition) is 3. The van der Waals surface area contributed by atoms with Crippen LogP contribution in [0.15, 0.2) is 53.4 Å². The molecule has 2 N–H and O–H groups in total. The van der Waals surface area contributed by atoms with Crippen molar-refractivity contribution in [2.45, 2.75) is 31.6 Å². The minimum absolute atomic E-state index is 0.0879. The Hall–Kier alpha value is -2.18. The highest BCUT2D eigenvalue weighted by atomic mass is 32.2. The molecule has 6 heteroatoms. The summed E-state index contributed by atoms with van der Waals surface area (Å²) >= 11 is 0. The Morgan fingerprint density at radius 3 is 2.38 bits per heavy atom. The number of hydrogen-bond donors (Lipinski definition) is 2. The molecule has 5 nitrogen and oxygen atoms in total. The predicted octanol–water partition coefficient (Wildman–Crippen LogP) is 3.19. The fraction of sp³-hybridized carbons (Fsp3) is 0.278. The first-order valence-electron chi connectivity index (χ1n) is 7.96. The van der Waals surface area contributed by atoms with Gasteiger partial charge in [0.2, 0.25) is 10.0 Å². The van der Waals surface area contributed by atoms with Crippen molar-refractivity contribution in [2.24, 2.45) is 0 Å². The topological polar surface area (TPSA) is 75.3 Å². The summed E-state index contributed by atoms with van der Waals surface area (Å²) in [6, 6.07) is 13.6. The van der Waals surface area contributed by atoms with Gasteiger partial charge in [-0.2, -0.15) is 0 Å². The van der Waals surface area contributed by atoms with Crippen LogP contribution in [0.1, 0.15) is 36.2 Å². The number of nitrogens with one attached hydrogen (secondary N) is 2. The van der Waals surface area contributed by atoms with Crippen LogP contribution in [0, 0.1) is 0 Å². The molecule has 2 aromatic rings. The number of sulfonamides is 1. The molecule has 0 aliphatic rings. The van der Waals surface area contributed by atoms with Gasteiger partial charge >= 0.3 is 0 Å². The fourth-order valence-corrected chi connectivity index (χ4v) is 3.33. The van der Waals surface area contributed by atoms with Crippen LogP contribution in [0.3, 0.4) is 0 Å². The summed E-state index contributed by atoms with van der Waals surface area (Å²) in [4.78, 5) is 12.4. The number of carbonyl (C=O) groups is 1. The largest absolute Gasteiger partial charge is 0.322 e. The maximum absolute atomic E-state index is 12.3. The van der Waals surface area contributed by atoms with Gasteiger partial charge in [0.05, 0.1) is 4.90 Å². The third-order valence-corrected chi connectivity index (χ3v) is 5.03. The molecule has 2 aromatic carbocycles. The third kappa shape index (κ3) is 4.66. The summed E-state index contributed by atoms with van der Waals surface area (Å²) in [5.41, 5.74) is 2.16. The molecule has 0 unspecified atom stereocenters. The number of carbonyl (C=O) groups excluding carboxylic acids is 1.